The molecule has 0 spiro atoms. The molecule has 22 heavy (non-hydrogen) atoms. The smallest absolute Gasteiger partial charge is 0.330 e. The Kier molecular flexibility index (Phi) is 3.96. The Morgan fingerprint density at radius 3 is 2.91 bits per heavy atom. The molecule has 0 radical (unpaired) electrons. The molecule has 1 aliphatic rings. The number of nitrogens with zero attached hydrogens (tertiary/aromatic N) is 1. The van der Waals surface area contributed by atoms with Gasteiger partial charge in [-0.2, -0.15) is 11.8 Å². The van der Waals surface area contributed by atoms with E-state index in [0.29, 0.717) is 22.9 Å². The van der Waals surface area contributed by atoms with Crippen molar-refractivity contribution in [2.24, 2.45) is 0 Å². The van der Waals surface area contributed by atoms with Gasteiger partial charge < -0.3 is 14.8 Å². The zero-order valence-electron chi connectivity index (χ0n) is 11.8. The Hall–Kier alpha value is -1.80. The Morgan fingerprint density at radius 1 is 1.50 bits per heavy atom. The molecule has 1 unspecified atom stereocenters. The van der Waals surface area contributed by atoms with Gasteiger partial charge in [0.2, 0.25) is 0 Å². The summed E-state index contributed by atoms with van der Waals surface area (Å²) in [5.74, 6) is 0.251. The molecule has 2 aromatic heterocycles. The number of rotatable bonds is 4. The van der Waals surface area contributed by atoms with E-state index < -0.39 is 17.4 Å². The summed E-state index contributed by atoms with van der Waals surface area (Å²) in [7, 11) is 0. The van der Waals surface area contributed by atoms with Crippen molar-refractivity contribution < 1.29 is 19.1 Å². The number of aliphatic carboxylic acids is 1. The van der Waals surface area contributed by atoms with Gasteiger partial charge in [-0.1, -0.05) is 0 Å². The third kappa shape index (κ3) is 2.64. The Labute approximate surface area is 134 Å². The summed E-state index contributed by atoms with van der Waals surface area (Å²) in [6.07, 6.45) is 1.97. The van der Waals surface area contributed by atoms with E-state index in [0.717, 1.165) is 10.6 Å². The number of carbonyl (C=O) groups excluding carboxylic acids is 1. The van der Waals surface area contributed by atoms with Crippen LogP contribution in [0.2, 0.25) is 0 Å². The molecular formula is C14H14N2O4S2. The van der Waals surface area contributed by atoms with E-state index in [1.165, 1.54) is 23.1 Å². The van der Waals surface area contributed by atoms with Crippen LogP contribution in [0.15, 0.2) is 22.8 Å². The van der Waals surface area contributed by atoms with E-state index in [1.807, 2.05) is 0 Å². The van der Waals surface area contributed by atoms with Crippen molar-refractivity contribution in [2.45, 2.75) is 18.9 Å². The number of carboxylic acids is 1. The van der Waals surface area contributed by atoms with Crippen LogP contribution in [0, 0.1) is 6.92 Å². The lowest BCUT2D eigenvalue weighted by atomic mass is 9.99. The third-order valence-electron chi connectivity index (χ3n) is 3.53. The van der Waals surface area contributed by atoms with Crippen molar-refractivity contribution in [3.05, 3.63) is 29.0 Å². The molecule has 0 bridgehead atoms. The maximum absolute atomic E-state index is 12.4. The quantitative estimate of drug-likeness (QED) is 0.889. The summed E-state index contributed by atoms with van der Waals surface area (Å²) in [6.45, 7) is 1.79. The van der Waals surface area contributed by atoms with Crippen LogP contribution in [-0.4, -0.2) is 39.0 Å². The molecule has 3 rings (SSSR count). The Bertz CT molecular complexity index is 703. The van der Waals surface area contributed by atoms with Crippen molar-refractivity contribution in [3.8, 4) is 10.8 Å². The fourth-order valence-corrected chi connectivity index (χ4v) is 4.48. The van der Waals surface area contributed by atoms with Gasteiger partial charge in [-0.15, -0.1) is 11.3 Å². The first kappa shape index (κ1) is 15.1. The van der Waals surface area contributed by atoms with Gasteiger partial charge in [0, 0.05) is 10.6 Å². The molecule has 1 fully saturated rings. The van der Waals surface area contributed by atoms with Gasteiger partial charge in [0.25, 0.3) is 5.91 Å². The predicted octanol–water partition coefficient (Wildman–Crippen LogP) is 2.40. The summed E-state index contributed by atoms with van der Waals surface area (Å²) >= 11 is 2.87. The van der Waals surface area contributed by atoms with Gasteiger partial charge in [0.1, 0.15) is 11.2 Å². The summed E-state index contributed by atoms with van der Waals surface area (Å²) in [6, 6.07) is 3.52. The maximum atomic E-state index is 12.4. The number of thioether (sulfide) groups is 1. The van der Waals surface area contributed by atoms with Gasteiger partial charge in [-0.25, -0.2) is 9.78 Å². The van der Waals surface area contributed by atoms with Crippen molar-refractivity contribution in [1.29, 1.82) is 0 Å². The fourth-order valence-electron chi connectivity index (χ4n) is 2.27. The van der Waals surface area contributed by atoms with Gasteiger partial charge in [0.15, 0.2) is 10.8 Å². The number of furan rings is 1. The van der Waals surface area contributed by atoms with E-state index in [9.17, 15) is 14.7 Å². The molecule has 6 nitrogen and oxygen atoms in total. The number of aromatic nitrogens is 1. The van der Waals surface area contributed by atoms with Crippen LogP contribution in [0.3, 0.4) is 0 Å². The van der Waals surface area contributed by atoms with Crippen molar-refractivity contribution >= 4 is 35.0 Å². The zero-order chi connectivity index (χ0) is 15.7. The molecule has 0 aliphatic carbocycles. The lowest BCUT2D eigenvalue weighted by Gasteiger charge is -2.24. The monoisotopic (exact) mass is 338 g/mol. The van der Waals surface area contributed by atoms with Crippen LogP contribution in [0.25, 0.3) is 10.8 Å². The first-order chi connectivity index (χ1) is 10.5. The van der Waals surface area contributed by atoms with Crippen molar-refractivity contribution in [3.63, 3.8) is 0 Å². The molecule has 1 atom stereocenters. The summed E-state index contributed by atoms with van der Waals surface area (Å²) in [5.41, 5.74) is -0.934. The van der Waals surface area contributed by atoms with Crippen LogP contribution in [0.5, 0.6) is 0 Å². The summed E-state index contributed by atoms with van der Waals surface area (Å²) in [5, 5.41) is 12.7. The van der Waals surface area contributed by atoms with Gasteiger partial charge >= 0.3 is 5.97 Å². The van der Waals surface area contributed by atoms with Crippen LogP contribution in [0.1, 0.15) is 21.8 Å². The van der Waals surface area contributed by atoms with E-state index in [1.54, 1.807) is 25.3 Å². The fraction of sp³-hybridized carbons (Fsp3) is 0.357. The minimum atomic E-state index is -1.19. The molecule has 8 heteroatoms. The number of thiazole rings is 1. The second-order valence-electron chi connectivity index (χ2n) is 5.05. The van der Waals surface area contributed by atoms with E-state index in [-0.39, 0.29) is 5.69 Å². The minimum absolute atomic E-state index is 0.258. The highest BCUT2D eigenvalue weighted by molar-refractivity contribution is 7.99. The second-order valence-corrected chi connectivity index (χ2v) is 7.35. The highest BCUT2D eigenvalue weighted by atomic mass is 32.2. The molecule has 0 aromatic carbocycles. The first-order valence-electron chi connectivity index (χ1n) is 6.67. The molecule has 116 valence electrons. The normalized spacial score (nSPS) is 21.0. The number of hydrogen-bond acceptors (Lipinski definition) is 6. The maximum Gasteiger partial charge on any atom is 0.330 e. The Balaban J connectivity index is 1.85. The predicted molar refractivity (Wildman–Crippen MR) is 84.3 cm³/mol. The lowest BCUT2D eigenvalue weighted by molar-refractivity contribution is -0.143. The molecule has 0 saturated carbocycles. The van der Waals surface area contributed by atoms with Crippen LogP contribution in [0.4, 0.5) is 0 Å². The van der Waals surface area contributed by atoms with E-state index >= 15 is 0 Å². The standard InChI is InChI=1S/C14H14N2O4S2/c1-8-10(15-12(22-8)9-3-2-5-20-9)11(17)16-14(13(18)19)4-6-21-7-14/h2-3,5H,4,6-7H2,1H3,(H,16,17)(H,18,19). The van der Waals surface area contributed by atoms with Crippen LogP contribution >= 0.6 is 23.1 Å². The number of aryl methyl sites for hydroxylation is 1. The molecule has 3 heterocycles. The number of hydrogen-bond donors (Lipinski definition) is 2. The van der Waals surface area contributed by atoms with Gasteiger partial charge in [-0.05, 0) is 31.2 Å². The van der Waals surface area contributed by atoms with Gasteiger partial charge in [0.05, 0.1) is 6.26 Å². The molecule has 1 aliphatic heterocycles. The molecular weight excluding hydrogens is 324 g/mol. The largest absolute Gasteiger partial charge is 0.479 e. The van der Waals surface area contributed by atoms with E-state index in [2.05, 4.69) is 10.3 Å². The number of carboxylic acid groups (broad SMARTS) is 1. The molecule has 2 aromatic rings. The highest BCUT2D eigenvalue weighted by Gasteiger charge is 2.43. The van der Waals surface area contributed by atoms with Crippen LogP contribution in [-0.2, 0) is 4.79 Å². The number of carbonyl (C=O) groups is 2. The average molecular weight is 338 g/mol. The Morgan fingerprint density at radius 2 is 2.32 bits per heavy atom. The average Bonchev–Trinajstić information content (AvgIpc) is 3.17. The lowest BCUT2D eigenvalue weighted by Crippen LogP contribution is -2.54. The van der Waals surface area contributed by atoms with Crippen LogP contribution < -0.4 is 5.32 Å². The number of amides is 1. The van der Waals surface area contributed by atoms with Crippen molar-refractivity contribution in [2.75, 3.05) is 11.5 Å². The van der Waals surface area contributed by atoms with E-state index in [4.69, 9.17) is 4.42 Å². The minimum Gasteiger partial charge on any atom is -0.479 e. The summed E-state index contributed by atoms with van der Waals surface area (Å²) in [4.78, 5) is 29.0. The summed E-state index contributed by atoms with van der Waals surface area (Å²) < 4.78 is 5.28. The zero-order valence-corrected chi connectivity index (χ0v) is 13.4. The topological polar surface area (TPSA) is 92.4 Å². The number of nitrogens with one attached hydrogen (secondary N) is 1. The third-order valence-corrected chi connectivity index (χ3v) is 5.70. The SMILES string of the molecule is Cc1sc(-c2ccco2)nc1C(=O)NC1(C(=O)O)CCSC1. The molecule has 2 N–H and O–H groups in total. The second kappa shape index (κ2) is 5.77. The highest BCUT2D eigenvalue weighted by Crippen LogP contribution is 2.31. The molecule has 1 amide bonds. The van der Waals surface area contributed by atoms with Crippen molar-refractivity contribution in [1.82, 2.24) is 10.3 Å². The first-order valence-corrected chi connectivity index (χ1v) is 8.64. The van der Waals surface area contributed by atoms with Gasteiger partial charge in [-0.3, -0.25) is 4.79 Å². The molecule has 1 saturated heterocycles.